The second-order valence-corrected chi connectivity index (χ2v) is 5.07. The number of hydrogen-bond acceptors (Lipinski definition) is 3. The highest BCUT2D eigenvalue weighted by Gasteiger charge is 2.22. The molecule has 0 aliphatic rings. The van der Waals surface area contributed by atoms with Crippen molar-refractivity contribution in [2.45, 2.75) is 45.6 Å². The normalized spacial score (nSPS) is 13.9. The molecular formula is C16H26FNO2. The topological polar surface area (TPSA) is 44.5 Å². The minimum Gasteiger partial charge on any atom is -0.493 e. The molecule has 0 spiro atoms. The number of unbranched alkanes of at least 4 members (excludes halogenated alkanes) is 1. The van der Waals surface area contributed by atoms with E-state index in [-0.39, 0.29) is 17.8 Å². The van der Waals surface area contributed by atoms with Gasteiger partial charge in [0.1, 0.15) is 5.82 Å². The zero-order chi connectivity index (χ0) is 15.1. The summed E-state index contributed by atoms with van der Waals surface area (Å²) in [5, 5.41) is 0. The second-order valence-electron chi connectivity index (χ2n) is 5.07. The summed E-state index contributed by atoms with van der Waals surface area (Å²) in [6.07, 6.45) is 4.19. The summed E-state index contributed by atoms with van der Waals surface area (Å²) >= 11 is 0. The van der Waals surface area contributed by atoms with Crippen molar-refractivity contribution >= 4 is 0 Å². The number of halogens is 1. The van der Waals surface area contributed by atoms with Gasteiger partial charge in [-0.25, -0.2) is 4.39 Å². The highest BCUT2D eigenvalue weighted by Crippen LogP contribution is 2.35. The minimum absolute atomic E-state index is 0.280. The summed E-state index contributed by atoms with van der Waals surface area (Å²) in [7, 11) is 3.03. The molecule has 2 atom stereocenters. The quantitative estimate of drug-likeness (QED) is 0.782. The van der Waals surface area contributed by atoms with E-state index in [1.54, 1.807) is 13.2 Å². The predicted molar refractivity (Wildman–Crippen MR) is 79.7 cm³/mol. The van der Waals surface area contributed by atoms with Crippen molar-refractivity contribution in [1.29, 1.82) is 0 Å². The molecule has 0 bridgehead atoms. The van der Waals surface area contributed by atoms with E-state index in [1.165, 1.54) is 13.2 Å². The van der Waals surface area contributed by atoms with Crippen LogP contribution >= 0.6 is 0 Å². The monoisotopic (exact) mass is 283 g/mol. The molecule has 0 saturated carbocycles. The molecule has 0 aliphatic heterocycles. The Hall–Kier alpha value is -1.29. The Morgan fingerprint density at radius 3 is 2.25 bits per heavy atom. The van der Waals surface area contributed by atoms with Gasteiger partial charge in [0.05, 0.1) is 14.2 Å². The summed E-state index contributed by atoms with van der Waals surface area (Å²) in [5.74, 6) is 0.861. The average Bonchev–Trinajstić information content (AvgIpc) is 2.47. The minimum atomic E-state index is -0.329. The molecule has 0 radical (unpaired) electrons. The molecule has 2 N–H and O–H groups in total. The van der Waals surface area contributed by atoms with Crippen LogP contribution in [-0.2, 0) is 0 Å². The van der Waals surface area contributed by atoms with Crippen LogP contribution in [0.1, 0.15) is 51.1 Å². The van der Waals surface area contributed by atoms with E-state index >= 15 is 0 Å². The molecule has 3 nitrogen and oxygen atoms in total. The summed E-state index contributed by atoms with van der Waals surface area (Å²) in [5.41, 5.74) is 6.78. The Morgan fingerprint density at radius 2 is 1.75 bits per heavy atom. The first-order valence-electron chi connectivity index (χ1n) is 7.25. The van der Waals surface area contributed by atoms with Gasteiger partial charge in [0.2, 0.25) is 0 Å². The van der Waals surface area contributed by atoms with Crippen LogP contribution in [0.4, 0.5) is 4.39 Å². The Labute approximate surface area is 121 Å². The van der Waals surface area contributed by atoms with Gasteiger partial charge in [0.15, 0.2) is 11.5 Å². The van der Waals surface area contributed by atoms with Crippen molar-refractivity contribution in [1.82, 2.24) is 0 Å². The summed E-state index contributed by atoms with van der Waals surface area (Å²) in [6, 6.07) is 2.69. The lowest BCUT2D eigenvalue weighted by atomic mass is 9.87. The van der Waals surface area contributed by atoms with Crippen LogP contribution < -0.4 is 15.2 Å². The number of hydrogen-bond donors (Lipinski definition) is 1. The molecule has 20 heavy (non-hydrogen) atoms. The van der Waals surface area contributed by atoms with E-state index in [9.17, 15) is 4.39 Å². The van der Waals surface area contributed by atoms with Crippen molar-refractivity contribution in [3.63, 3.8) is 0 Å². The van der Waals surface area contributed by atoms with Gasteiger partial charge in [0.25, 0.3) is 0 Å². The third-order valence-corrected chi connectivity index (χ3v) is 3.82. The Bertz CT molecular complexity index is 423. The molecule has 0 aromatic heterocycles. The van der Waals surface area contributed by atoms with Crippen LogP contribution in [0.2, 0.25) is 0 Å². The Balaban J connectivity index is 3.04. The highest BCUT2D eigenvalue weighted by molar-refractivity contribution is 5.44. The molecule has 0 amide bonds. The Kier molecular flexibility index (Phi) is 6.79. The lowest BCUT2D eigenvalue weighted by molar-refractivity contribution is 0.343. The lowest BCUT2D eigenvalue weighted by Crippen LogP contribution is -2.22. The van der Waals surface area contributed by atoms with Crippen LogP contribution in [0.25, 0.3) is 0 Å². The molecule has 1 aromatic carbocycles. The molecule has 0 heterocycles. The summed E-state index contributed by atoms with van der Waals surface area (Å²) in [6.45, 7) is 4.24. The number of benzene rings is 1. The number of ether oxygens (including phenoxy) is 2. The first-order chi connectivity index (χ1) is 9.58. The third kappa shape index (κ3) is 3.85. The largest absolute Gasteiger partial charge is 0.493 e. The van der Waals surface area contributed by atoms with E-state index in [0.29, 0.717) is 17.1 Å². The van der Waals surface area contributed by atoms with Crippen LogP contribution in [-0.4, -0.2) is 14.2 Å². The molecule has 1 aromatic rings. The third-order valence-electron chi connectivity index (χ3n) is 3.82. The first kappa shape index (κ1) is 16.8. The highest BCUT2D eigenvalue weighted by atomic mass is 19.1. The summed E-state index contributed by atoms with van der Waals surface area (Å²) in [4.78, 5) is 0. The van der Waals surface area contributed by atoms with Gasteiger partial charge in [-0.1, -0.05) is 33.1 Å². The fourth-order valence-electron chi connectivity index (χ4n) is 2.48. The fraction of sp³-hybridized carbons (Fsp3) is 0.625. The van der Waals surface area contributed by atoms with Crippen molar-refractivity contribution < 1.29 is 13.9 Å². The van der Waals surface area contributed by atoms with Crippen molar-refractivity contribution in [2.24, 2.45) is 11.7 Å². The number of rotatable bonds is 8. The summed E-state index contributed by atoms with van der Waals surface area (Å²) < 4.78 is 24.5. The molecule has 2 unspecified atom stereocenters. The van der Waals surface area contributed by atoms with Crippen LogP contribution in [0.5, 0.6) is 11.5 Å². The molecule has 4 heteroatoms. The van der Waals surface area contributed by atoms with Gasteiger partial charge in [-0.3, -0.25) is 0 Å². The lowest BCUT2D eigenvalue weighted by Gasteiger charge is -2.24. The Morgan fingerprint density at radius 1 is 1.15 bits per heavy atom. The van der Waals surface area contributed by atoms with Gasteiger partial charge >= 0.3 is 0 Å². The predicted octanol–water partition coefficient (Wildman–Crippen LogP) is 4.06. The molecule has 0 saturated heterocycles. The van der Waals surface area contributed by atoms with E-state index in [1.807, 2.05) is 0 Å². The zero-order valence-corrected chi connectivity index (χ0v) is 12.9. The standard InChI is InChI=1S/C16H26FNO2/c1-5-7-8-11(6-2)16(18)12-9-14(19-3)15(20-4)10-13(12)17/h9-11,16H,5-8,18H2,1-4H3. The fourth-order valence-corrected chi connectivity index (χ4v) is 2.48. The average molecular weight is 283 g/mol. The van der Waals surface area contributed by atoms with Crippen LogP contribution in [0.3, 0.4) is 0 Å². The van der Waals surface area contributed by atoms with Gasteiger partial charge < -0.3 is 15.2 Å². The maximum absolute atomic E-state index is 14.2. The van der Waals surface area contributed by atoms with E-state index < -0.39 is 0 Å². The van der Waals surface area contributed by atoms with Gasteiger partial charge in [-0.05, 0) is 18.4 Å². The van der Waals surface area contributed by atoms with Gasteiger partial charge in [-0.2, -0.15) is 0 Å². The number of methoxy groups -OCH3 is 2. The van der Waals surface area contributed by atoms with Gasteiger partial charge in [-0.15, -0.1) is 0 Å². The van der Waals surface area contributed by atoms with E-state index in [2.05, 4.69) is 13.8 Å². The van der Waals surface area contributed by atoms with Crippen LogP contribution in [0.15, 0.2) is 12.1 Å². The first-order valence-corrected chi connectivity index (χ1v) is 7.25. The molecule has 1 rings (SSSR count). The molecule has 0 aliphatic carbocycles. The van der Waals surface area contributed by atoms with Crippen molar-refractivity contribution in [3.8, 4) is 11.5 Å². The van der Waals surface area contributed by atoms with Crippen LogP contribution in [0, 0.1) is 11.7 Å². The maximum atomic E-state index is 14.2. The SMILES string of the molecule is CCCCC(CC)C(N)c1cc(OC)c(OC)cc1F. The second kappa shape index (κ2) is 8.10. The van der Waals surface area contributed by atoms with E-state index in [0.717, 1.165) is 25.7 Å². The maximum Gasteiger partial charge on any atom is 0.163 e. The molecule has 0 fully saturated rings. The van der Waals surface area contributed by atoms with Crippen molar-refractivity contribution in [3.05, 3.63) is 23.5 Å². The van der Waals surface area contributed by atoms with E-state index in [4.69, 9.17) is 15.2 Å². The zero-order valence-electron chi connectivity index (χ0n) is 12.9. The molecular weight excluding hydrogens is 257 g/mol. The van der Waals surface area contributed by atoms with Crippen molar-refractivity contribution in [2.75, 3.05) is 14.2 Å². The van der Waals surface area contributed by atoms with Gasteiger partial charge in [0, 0.05) is 17.7 Å². The number of nitrogens with two attached hydrogens (primary N) is 1. The smallest absolute Gasteiger partial charge is 0.163 e. The molecule has 114 valence electrons.